The van der Waals surface area contributed by atoms with Crippen LogP contribution in [0.4, 0.5) is 10.2 Å². The fourth-order valence-electron chi connectivity index (χ4n) is 3.22. The van der Waals surface area contributed by atoms with Gasteiger partial charge in [-0.1, -0.05) is 18.2 Å². The summed E-state index contributed by atoms with van der Waals surface area (Å²) in [4.78, 5) is 27.0. The average molecular weight is 419 g/mol. The van der Waals surface area contributed by atoms with Crippen LogP contribution in [-0.2, 0) is 17.8 Å². The molecule has 1 aromatic carbocycles. The van der Waals surface area contributed by atoms with Crippen molar-refractivity contribution < 1.29 is 9.18 Å². The van der Waals surface area contributed by atoms with E-state index in [0.29, 0.717) is 34.8 Å². The number of hydrogen-bond donors (Lipinski definition) is 1. The second-order valence-corrected chi connectivity index (χ2v) is 7.16. The highest BCUT2D eigenvalue weighted by atomic mass is 19.1. The average Bonchev–Trinajstić information content (AvgIpc) is 3.14. The highest BCUT2D eigenvalue weighted by Crippen LogP contribution is 2.26. The summed E-state index contributed by atoms with van der Waals surface area (Å²) < 4.78 is 15.8. The van der Waals surface area contributed by atoms with E-state index in [4.69, 9.17) is 5.73 Å². The Labute approximate surface area is 178 Å². The topological polar surface area (TPSA) is 103 Å². The fourth-order valence-corrected chi connectivity index (χ4v) is 3.22. The van der Waals surface area contributed by atoms with Crippen LogP contribution < -0.4 is 5.73 Å². The van der Waals surface area contributed by atoms with Gasteiger partial charge in [-0.05, 0) is 25.1 Å². The van der Waals surface area contributed by atoms with Crippen LogP contribution in [0.5, 0.6) is 0 Å². The van der Waals surface area contributed by atoms with Crippen LogP contribution in [0.2, 0.25) is 0 Å². The number of aromatic nitrogens is 5. The molecule has 1 amide bonds. The Morgan fingerprint density at radius 1 is 1.16 bits per heavy atom. The zero-order valence-corrected chi connectivity index (χ0v) is 17.3. The molecule has 8 nitrogen and oxygen atoms in total. The number of pyridine rings is 1. The Hall–Kier alpha value is -3.88. The van der Waals surface area contributed by atoms with E-state index in [1.54, 1.807) is 53.3 Å². The highest BCUT2D eigenvalue weighted by Gasteiger charge is 2.18. The third kappa shape index (κ3) is 4.07. The first kappa shape index (κ1) is 20.4. The molecule has 31 heavy (non-hydrogen) atoms. The molecule has 0 unspecified atom stereocenters. The number of amides is 1. The smallest absolute Gasteiger partial charge is 0.226 e. The highest BCUT2D eigenvalue weighted by molar-refractivity contribution is 5.89. The lowest BCUT2D eigenvalue weighted by atomic mass is 10.2. The molecule has 0 saturated heterocycles. The molecule has 0 fully saturated rings. The van der Waals surface area contributed by atoms with E-state index in [1.165, 1.54) is 6.07 Å². The van der Waals surface area contributed by atoms with Crippen molar-refractivity contribution >= 4 is 22.8 Å². The molecule has 0 aliphatic heterocycles. The van der Waals surface area contributed by atoms with Gasteiger partial charge < -0.3 is 10.6 Å². The molecule has 158 valence electrons. The van der Waals surface area contributed by atoms with Gasteiger partial charge in [-0.2, -0.15) is 5.10 Å². The van der Waals surface area contributed by atoms with Crippen molar-refractivity contribution in [1.29, 1.82) is 0 Å². The van der Waals surface area contributed by atoms with Gasteiger partial charge in [-0.15, -0.1) is 0 Å². The SMILES string of the molecule is CCN(C)C(=O)Cc1cnc(-c2nn(Cc3ccccc3F)c3ncccc23)nc1N. The monoisotopic (exact) mass is 419 g/mol. The van der Waals surface area contributed by atoms with Crippen molar-refractivity contribution in [1.82, 2.24) is 29.6 Å². The van der Waals surface area contributed by atoms with Gasteiger partial charge in [0.05, 0.1) is 18.4 Å². The first-order chi connectivity index (χ1) is 15.0. The minimum atomic E-state index is -0.310. The maximum Gasteiger partial charge on any atom is 0.226 e. The number of halogens is 1. The molecule has 0 atom stereocenters. The van der Waals surface area contributed by atoms with Gasteiger partial charge in [-0.25, -0.2) is 24.0 Å². The summed E-state index contributed by atoms with van der Waals surface area (Å²) in [5.74, 6) is 0.177. The van der Waals surface area contributed by atoms with E-state index in [9.17, 15) is 9.18 Å². The summed E-state index contributed by atoms with van der Waals surface area (Å²) in [5.41, 5.74) is 8.26. The molecule has 3 aromatic heterocycles. The van der Waals surface area contributed by atoms with Crippen LogP contribution in [-0.4, -0.2) is 49.1 Å². The van der Waals surface area contributed by atoms with Gasteiger partial charge in [0.25, 0.3) is 0 Å². The Kier molecular flexibility index (Phi) is 5.57. The number of likely N-dealkylation sites (N-methyl/N-ethyl adjacent to an activating group) is 1. The van der Waals surface area contributed by atoms with E-state index < -0.39 is 0 Å². The fraction of sp³-hybridized carbons (Fsp3) is 0.227. The number of anilines is 1. The summed E-state index contributed by atoms with van der Waals surface area (Å²) in [6.07, 6.45) is 3.33. The predicted molar refractivity (Wildman–Crippen MR) is 115 cm³/mol. The van der Waals surface area contributed by atoms with E-state index >= 15 is 0 Å². The van der Waals surface area contributed by atoms with Gasteiger partial charge in [-0.3, -0.25) is 4.79 Å². The first-order valence-electron chi connectivity index (χ1n) is 9.88. The van der Waals surface area contributed by atoms with E-state index in [-0.39, 0.29) is 30.5 Å². The molecular formula is C22H22FN7O. The lowest BCUT2D eigenvalue weighted by molar-refractivity contribution is -0.128. The lowest BCUT2D eigenvalue weighted by Crippen LogP contribution is -2.28. The zero-order valence-electron chi connectivity index (χ0n) is 17.3. The number of nitrogen functional groups attached to an aromatic ring is 1. The maximum atomic E-state index is 14.2. The maximum absolute atomic E-state index is 14.2. The molecule has 4 aromatic rings. The second kappa shape index (κ2) is 8.47. The summed E-state index contributed by atoms with van der Waals surface area (Å²) in [6.45, 7) is 2.72. The second-order valence-electron chi connectivity index (χ2n) is 7.16. The van der Waals surface area contributed by atoms with Crippen LogP contribution in [0, 0.1) is 5.82 Å². The van der Waals surface area contributed by atoms with Crippen molar-refractivity contribution in [2.75, 3.05) is 19.3 Å². The summed E-state index contributed by atoms with van der Waals surface area (Å²) in [6, 6.07) is 10.2. The quantitative estimate of drug-likeness (QED) is 0.515. The molecule has 9 heteroatoms. The Morgan fingerprint density at radius 3 is 2.71 bits per heavy atom. The molecule has 0 aliphatic rings. The number of rotatable bonds is 6. The molecular weight excluding hydrogens is 397 g/mol. The first-order valence-corrected chi connectivity index (χ1v) is 9.88. The van der Waals surface area contributed by atoms with Crippen molar-refractivity contribution in [3.63, 3.8) is 0 Å². The molecule has 2 N–H and O–H groups in total. The Bertz CT molecular complexity index is 1250. The number of nitrogens with zero attached hydrogens (tertiary/aromatic N) is 6. The van der Waals surface area contributed by atoms with Gasteiger partial charge in [0.15, 0.2) is 11.5 Å². The minimum absolute atomic E-state index is 0.0608. The molecule has 4 rings (SSSR count). The number of carbonyl (C=O) groups excluding carboxylic acids is 1. The van der Waals surface area contributed by atoms with Gasteiger partial charge >= 0.3 is 0 Å². The van der Waals surface area contributed by atoms with Crippen LogP contribution >= 0.6 is 0 Å². The van der Waals surface area contributed by atoms with Crippen LogP contribution in [0.1, 0.15) is 18.1 Å². The number of nitrogens with two attached hydrogens (primary N) is 1. The summed E-state index contributed by atoms with van der Waals surface area (Å²) in [7, 11) is 1.73. The minimum Gasteiger partial charge on any atom is -0.383 e. The van der Waals surface area contributed by atoms with E-state index in [1.807, 2.05) is 13.0 Å². The van der Waals surface area contributed by atoms with Crippen LogP contribution in [0.3, 0.4) is 0 Å². The number of hydrogen-bond acceptors (Lipinski definition) is 6. The molecule has 0 bridgehead atoms. The summed E-state index contributed by atoms with van der Waals surface area (Å²) in [5, 5.41) is 5.33. The predicted octanol–water partition coefficient (Wildman–Crippen LogP) is 2.68. The molecule has 3 heterocycles. The van der Waals surface area contributed by atoms with Crippen molar-refractivity contribution in [2.45, 2.75) is 19.9 Å². The van der Waals surface area contributed by atoms with E-state index in [0.717, 1.165) is 5.39 Å². The van der Waals surface area contributed by atoms with Gasteiger partial charge in [0, 0.05) is 37.1 Å². The molecule has 0 radical (unpaired) electrons. The van der Waals surface area contributed by atoms with Crippen LogP contribution in [0.15, 0.2) is 48.8 Å². The number of carbonyl (C=O) groups is 1. The van der Waals surface area contributed by atoms with Crippen molar-refractivity contribution in [2.24, 2.45) is 0 Å². The van der Waals surface area contributed by atoms with Crippen molar-refractivity contribution in [3.05, 3.63) is 65.7 Å². The van der Waals surface area contributed by atoms with Crippen molar-refractivity contribution in [3.8, 4) is 11.5 Å². The van der Waals surface area contributed by atoms with E-state index in [2.05, 4.69) is 20.1 Å². The van der Waals surface area contributed by atoms with Gasteiger partial charge in [0.1, 0.15) is 17.3 Å². The normalized spacial score (nSPS) is 11.1. The Morgan fingerprint density at radius 2 is 1.97 bits per heavy atom. The largest absolute Gasteiger partial charge is 0.383 e. The molecule has 0 aliphatic carbocycles. The Balaban J connectivity index is 1.71. The number of benzene rings is 1. The summed E-state index contributed by atoms with van der Waals surface area (Å²) >= 11 is 0. The van der Waals surface area contributed by atoms with Gasteiger partial charge in [0.2, 0.25) is 5.91 Å². The molecule has 0 saturated carbocycles. The third-order valence-corrected chi connectivity index (χ3v) is 5.14. The lowest BCUT2D eigenvalue weighted by Gasteiger charge is -2.14. The standard InChI is InChI=1S/C22H22FN7O/c1-3-29(2)18(31)11-15-12-26-21(27-20(15)24)19-16-8-6-10-25-22(16)30(28-19)13-14-7-4-5-9-17(14)23/h4-10,12H,3,11,13H2,1-2H3,(H2,24,26,27). The molecule has 0 spiro atoms. The number of fused-ring (bicyclic) bond motifs is 1. The third-order valence-electron chi connectivity index (χ3n) is 5.14. The zero-order chi connectivity index (χ0) is 22.0. The van der Waals surface area contributed by atoms with Crippen LogP contribution in [0.25, 0.3) is 22.6 Å².